The number of hydrogen-bond donors (Lipinski definition) is 2. The number of furan rings is 1. The molecule has 1 saturated carbocycles. The molecule has 0 unspecified atom stereocenters. The molecule has 0 saturated heterocycles. The summed E-state index contributed by atoms with van der Waals surface area (Å²) in [5.41, 5.74) is 2.34. The number of imidazole rings is 1. The molecule has 1 aliphatic carbocycles. The van der Waals surface area contributed by atoms with Crippen LogP contribution in [0.15, 0.2) is 77.6 Å². The molecule has 2 aromatic heterocycles. The number of carbonyl (C=O) groups excluding carboxylic acids is 2. The van der Waals surface area contributed by atoms with Crippen LogP contribution in [-0.2, 0) is 6.54 Å². The zero-order valence-corrected chi connectivity index (χ0v) is 20.6. The minimum atomic E-state index is -0.505. The van der Waals surface area contributed by atoms with E-state index in [0.717, 1.165) is 36.9 Å². The number of H-pyrrole nitrogens is 1. The maximum absolute atomic E-state index is 13.4. The van der Waals surface area contributed by atoms with Gasteiger partial charge in [-0.3, -0.25) is 19.7 Å². The number of rotatable bonds is 8. The van der Waals surface area contributed by atoms with Crippen LogP contribution in [-0.4, -0.2) is 32.7 Å². The van der Waals surface area contributed by atoms with Crippen LogP contribution in [0.4, 0.5) is 11.4 Å². The maximum atomic E-state index is 13.4. The number of nitro benzene ring substituents is 1. The summed E-state index contributed by atoms with van der Waals surface area (Å²) in [6.45, 7) is 0.224. The minimum Gasteiger partial charge on any atom is -0.451 e. The largest absolute Gasteiger partial charge is 0.451 e. The number of non-ortho nitro benzene ring substituents is 1. The number of nitro groups is 1. The van der Waals surface area contributed by atoms with Crippen molar-refractivity contribution in [3.8, 4) is 11.3 Å². The lowest BCUT2D eigenvalue weighted by molar-refractivity contribution is -0.384. The Labute approximate surface area is 218 Å². The third-order valence-electron chi connectivity index (χ3n) is 6.69. The van der Waals surface area contributed by atoms with Crippen LogP contribution in [0.2, 0.25) is 0 Å². The lowest BCUT2D eigenvalue weighted by atomic mass is 9.95. The highest BCUT2D eigenvalue weighted by Crippen LogP contribution is 2.27. The van der Waals surface area contributed by atoms with E-state index in [2.05, 4.69) is 15.3 Å². The molecule has 0 spiro atoms. The number of hydrogen-bond acceptors (Lipinski definition) is 6. The highest BCUT2D eigenvalue weighted by molar-refractivity contribution is 6.06. The van der Waals surface area contributed by atoms with E-state index in [1.807, 2.05) is 12.1 Å². The third kappa shape index (κ3) is 5.64. The molecule has 2 aromatic carbocycles. The number of amides is 2. The quantitative estimate of drug-likeness (QED) is 0.236. The van der Waals surface area contributed by atoms with E-state index < -0.39 is 4.92 Å². The standard InChI is InChI=1S/C28H27N5O5/c34-27(31-21-4-2-1-3-5-21)26-15-14-25(38-26)19-6-10-23(11-7-19)32(17-22-16-29-18-30-22)28(35)20-8-12-24(13-9-20)33(36)37/h6-16,18,21H,1-5,17H2,(H,29,30)(H,31,34). The summed E-state index contributed by atoms with van der Waals surface area (Å²) in [5.74, 6) is 0.289. The molecule has 2 heterocycles. The van der Waals surface area contributed by atoms with Crippen LogP contribution in [0, 0.1) is 10.1 Å². The predicted molar refractivity (Wildman–Crippen MR) is 141 cm³/mol. The van der Waals surface area contributed by atoms with E-state index in [9.17, 15) is 19.7 Å². The summed E-state index contributed by atoms with van der Waals surface area (Å²) in [6.07, 6.45) is 8.63. The van der Waals surface area contributed by atoms with Crippen LogP contribution in [0.3, 0.4) is 0 Å². The van der Waals surface area contributed by atoms with E-state index in [1.165, 1.54) is 37.0 Å². The first-order chi connectivity index (χ1) is 18.5. The van der Waals surface area contributed by atoms with E-state index in [-0.39, 0.29) is 35.8 Å². The molecule has 5 rings (SSSR count). The van der Waals surface area contributed by atoms with Crippen molar-refractivity contribution in [2.75, 3.05) is 4.90 Å². The molecule has 0 aliphatic heterocycles. The average Bonchev–Trinajstić information content (AvgIpc) is 3.65. The molecule has 2 N–H and O–H groups in total. The molecule has 0 bridgehead atoms. The number of carbonyl (C=O) groups is 2. The van der Waals surface area contributed by atoms with Crippen LogP contribution < -0.4 is 10.2 Å². The molecule has 0 radical (unpaired) electrons. The first-order valence-corrected chi connectivity index (χ1v) is 12.5. The summed E-state index contributed by atoms with van der Waals surface area (Å²) in [4.78, 5) is 45.1. The summed E-state index contributed by atoms with van der Waals surface area (Å²) < 4.78 is 5.85. The van der Waals surface area contributed by atoms with Crippen LogP contribution >= 0.6 is 0 Å². The van der Waals surface area contributed by atoms with Gasteiger partial charge in [-0.15, -0.1) is 0 Å². The zero-order chi connectivity index (χ0) is 26.5. The molecular formula is C28H27N5O5. The van der Waals surface area contributed by atoms with Gasteiger partial charge in [-0.2, -0.15) is 0 Å². The smallest absolute Gasteiger partial charge is 0.287 e. The Bertz CT molecular complexity index is 1400. The Balaban J connectivity index is 1.34. The monoisotopic (exact) mass is 513 g/mol. The fourth-order valence-electron chi connectivity index (χ4n) is 4.63. The second-order valence-electron chi connectivity index (χ2n) is 9.29. The average molecular weight is 514 g/mol. The Morgan fingerprint density at radius 3 is 2.42 bits per heavy atom. The van der Waals surface area contributed by atoms with Crippen LogP contribution in [0.5, 0.6) is 0 Å². The van der Waals surface area contributed by atoms with Crippen molar-refractivity contribution < 1.29 is 18.9 Å². The first-order valence-electron chi connectivity index (χ1n) is 12.5. The Morgan fingerprint density at radius 2 is 1.76 bits per heavy atom. The van der Waals surface area contributed by atoms with Crippen molar-refractivity contribution in [2.45, 2.75) is 44.7 Å². The highest BCUT2D eigenvalue weighted by Gasteiger charge is 2.21. The van der Waals surface area contributed by atoms with E-state index in [1.54, 1.807) is 35.4 Å². The number of benzene rings is 2. The van der Waals surface area contributed by atoms with Crippen LogP contribution in [0.1, 0.15) is 58.7 Å². The number of nitrogens with one attached hydrogen (secondary N) is 2. The Kier molecular flexibility index (Phi) is 7.30. The summed E-state index contributed by atoms with van der Waals surface area (Å²) in [5, 5.41) is 14.1. The first kappa shape index (κ1) is 24.9. The summed E-state index contributed by atoms with van der Waals surface area (Å²) >= 11 is 0. The van der Waals surface area contributed by atoms with Gasteiger partial charge in [-0.25, -0.2) is 4.98 Å². The van der Waals surface area contributed by atoms with Gasteiger partial charge in [-0.05, 0) is 61.4 Å². The van der Waals surface area contributed by atoms with Crippen molar-refractivity contribution in [1.29, 1.82) is 0 Å². The van der Waals surface area contributed by atoms with Gasteiger partial charge in [0, 0.05) is 41.2 Å². The summed E-state index contributed by atoms with van der Waals surface area (Å²) in [6, 6.07) is 16.3. The topological polar surface area (TPSA) is 134 Å². The number of aromatic nitrogens is 2. The second-order valence-corrected chi connectivity index (χ2v) is 9.29. The fraction of sp³-hybridized carbons (Fsp3) is 0.250. The Hall–Kier alpha value is -4.73. The highest BCUT2D eigenvalue weighted by atomic mass is 16.6. The number of anilines is 1. The van der Waals surface area contributed by atoms with Crippen LogP contribution in [0.25, 0.3) is 11.3 Å². The van der Waals surface area contributed by atoms with E-state index in [0.29, 0.717) is 17.0 Å². The van der Waals surface area contributed by atoms with Gasteiger partial charge in [0.15, 0.2) is 5.76 Å². The normalized spacial score (nSPS) is 13.7. The maximum Gasteiger partial charge on any atom is 0.287 e. The second kappa shape index (κ2) is 11.1. The molecule has 2 amide bonds. The van der Waals surface area contributed by atoms with Crippen molar-refractivity contribution in [3.05, 3.63) is 100 Å². The van der Waals surface area contributed by atoms with Gasteiger partial charge >= 0.3 is 0 Å². The molecule has 1 fully saturated rings. The number of nitrogens with zero attached hydrogens (tertiary/aromatic N) is 3. The van der Waals surface area contributed by atoms with Gasteiger partial charge in [0.1, 0.15) is 5.76 Å². The van der Waals surface area contributed by atoms with Gasteiger partial charge in [0.2, 0.25) is 0 Å². The van der Waals surface area contributed by atoms with Crippen molar-refractivity contribution >= 4 is 23.2 Å². The Morgan fingerprint density at radius 1 is 1.03 bits per heavy atom. The van der Waals surface area contributed by atoms with E-state index in [4.69, 9.17) is 4.42 Å². The van der Waals surface area contributed by atoms with E-state index >= 15 is 0 Å². The van der Waals surface area contributed by atoms with Gasteiger partial charge < -0.3 is 19.6 Å². The molecule has 4 aromatic rings. The minimum absolute atomic E-state index is 0.0868. The molecule has 38 heavy (non-hydrogen) atoms. The fourth-order valence-corrected chi connectivity index (χ4v) is 4.63. The molecule has 194 valence electrons. The SMILES string of the molecule is O=C(NC1CCCCC1)c1ccc(-c2ccc(N(Cc3cnc[nH]3)C(=O)c3ccc([N+](=O)[O-])cc3)cc2)o1. The molecule has 10 nitrogen and oxygen atoms in total. The lowest BCUT2D eigenvalue weighted by Crippen LogP contribution is -2.35. The van der Waals surface area contributed by atoms with Crippen molar-refractivity contribution in [3.63, 3.8) is 0 Å². The lowest BCUT2D eigenvalue weighted by Gasteiger charge is -2.22. The van der Waals surface area contributed by atoms with Crippen molar-refractivity contribution in [1.82, 2.24) is 15.3 Å². The molecule has 0 atom stereocenters. The molecule has 10 heteroatoms. The third-order valence-corrected chi connectivity index (χ3v) is 6.69. The number of aromatic amines is 1. The zero-order valence-electron chi connectivity index (χ0n) is 20.6. The van der Waals surface area contributed by atoms with Gasteiger partial charge in [0.25, 0.3) is 17.5 Å². The molecular weight excluding hydrogens is 486 g/mol. The molecule has 1 aliphatic rings. The van der Waals surface area contributed by atoms with Gasteiger partial charge in [0.05, 0.1) is 23.5 Å². The predicted octanol–water partition coefficient (Wildman–Crippen LogP) is 5.49. The van der Waals surface area contributed by atoms with Gasteiger partial charge in [-0.1, -0.05) is 19.3 Å². The summed E-state index contributed by atoms with van der Waals surface area (Å²) in [7, 11) is 0. The van der Waals surface area contributed by atoms with Crippen molar-refractivity contribution in [2.24, 2.45) is 0 Å².